The van der Waals surface area contributed by atoms with E-state index in [-0.39, 0.29) is 27.9 Å². The van der Waals surface area contributed by atoms with Gasteiger partial charge in [0.2, 0.25) is 11.8 Å². The van der Waals surface area contributed by atoms with Crippen molar-refractivity contribution in [3.8, 4) is 23.0 Å². The van der Waals surface area contributed by atoms with Crippen molar-refractivity contribution in [2.75, 3.05) is 56.8 Å². The van der Waals surface area contributed by atoms with Crippen LogP contribution < -0.4 is 20.3 Å². The second-order valence-electron chi connectivity index (χ2n) is 9.39. The van der Waals surface area contributed by atoms with Crippen LogP contribution in [0, 0.1) is 0 Å². The van der Waals surface area contributed by atoms with Crippen molar-refractivity contribution in [1.29, 1.82) is 0 Å². The Bertz CT molecular complexity index is 1570. The topological polar surface area (TPSA) is 108 Å². The minimum Gasteiger partial charge on any atom is -0.438 e. The van der Waals surface area contributed by atoms with Gasteiger partial charge in [0.25, 0.3) is 5.91 Å². The standard InChI is InChI=1S/C28H28ClF3N8O2/c1-33-27-36-16-35-24(38-27)19-6-5-11-34-26(19)42-18-8-9-21(29)22(15-18)37-25(41)20-14-17(28(30,31)32)7-10-23(20)40(4)13-12-39(2)3/h5-11,14-16H,12-13H2,1-4H3,(H,37,41)(H,33,35,36,38). The first-order valence-electron chi connectivity index (χ1n) is 12.6. The predicted octanol–water partition coefficient (Wildman–Crippen LogP) is 5.69. The molecule has 0 saturated carbocycles. The number of ether oxygens (including phenoxy) is 1. The Morgan fingerprint density at radius 2 is 1.81 bits per heavy atom. The molecule has 0 aliphatic rings. The number of hydrogen-bond acceptors (Lipinski definition) is 9. The van der Waals surface area contributed by atoms with Crippen LogP contribution in [0.25, 0.3) is 11.4 Å². The average Bonchev–Trinajstić information content (AvgIpc) is 2.97. The molecule has 0 fully saturated rings. The summed E-state index contributed by atoms with van der Waals surface area (Å²) in [7, 11) is 7.14. The molecule has 10 nitrogen and oxygen atoms in total. The second-order valence-corrected chi connectivity index (χ2v) is 9.80. The third kappa shape index (κ3) is 7.42. The molecule has 0 atom stereocenters. The maximum atomic E-state index is 13.6. The van der Waals surface area contributed by atoms with Crippen LogP contribution >= 0.6 is 11.6 Å². The van der Waals surface area contributed by atoms with Crippen LogP contribution in [-0.4, -0.2) is 72.0 Å². The molecular weight excluding hydrogens is 573 g/mol. The molecule has 0 saturated heterocycles. The molecule has 4 aromatic rings. The monoisotopic (exact) mass is 600 g/mol. The summed E-state index contributed by atoms with van der Waals surface area (Å²) in [6, 6.07) is 11.0. The van der Waals surface area contributed by atoms with Crippen molar-refractivity contribution < 1.29 is 22.7 Å². The SMILES string of the molecule is CNc1ncnc(-c2cccnc2Oc2ccc(Cl)c(NC(=O)c3cc(C(F)(F)F)ccc3N(C)CCN(C)C)c2)n1. The van der Waals surface area contributed by atoms with Crippen molar-refractivity contribution in [3.05, 3.63) is 77.2 Å². The fourth-order valence-electron chi connectivity index (χ4n) is 3.85. The highest BCUT2D eigenvalue weighted by atomic mass is 35.5. The number of carbonyl (C=O) groups is 1. The van der Waals surface area contributed by atoms with E-state index < -0.39 is 17.6 Å². The van der Waals surface area contributed by atoms with E-state index in [1.54, 1.807) is 37.2 Å². The van der Waals surface area contributed by atoms with Gasteiger partial charge in [0, 0.05) is 45.1 Å². The number of hydrogen-bond donors (Lipinski definition) is 2. The van der Waals surface area contributed by atoms with Gasteiger partial charge in [-0.1, -0.05) is 11.6 Å². The first-order chi connectivity index (χ1) is 20.0. The number of amides is 1. The molecule has 2 aromatic carbocycles. The highest BCUT2D eigenvalue weighted by Crippen LogP contribution is 2.35. The van der Waals surface area contributed by atoms with Gasteiger partial charge in [-0.25, -0.2) is 15.0 Å². The zero-order valence-electron chi connectivity index (χ0n) is 23.2. The summed E-state index contributed by atoms with van der Waals surface area (Å²) in [4.78, 5) is 33.9. The lowest BCUT2D eigenvalue weighted by Crippen LogP contribution is -2.30. The van der Waals surface area contributed by atoms with E-state index >= 15 is 0 Å². The number of alkyl halides is 3. The summed E-state index contributed by atoms with van der Waals surface area (Å²) in [5, 5.41) is 5.63. The van der Waals surface area contributed by atoms with Crippen LogP contribution in [0.2, 0.25) is 5.02 Å². The van der Waals surface area contributed by atoms with Gasteiger partial charge in [0.1, 0.15) is 12.1 Å². The fourth-order valence-corrected chi connectivity index (χ4v) is 4.02. The molecule has 0 aliphatic heterocycles. The minimum absolute atomic E-state index is 0.133. The molecule has 220 valence electrons. The average molecular weight is 601 g/mol. The molecule has 0 spiro atoms. The van der Waals surface area contributed by atoms with Crippen LogP contribution in [0.5, 0.6) is 11.6 Å². The smallest absolute Gasteiger partial charge is 0.416 e. The Kier molecular flexibility index (Phi) is 9.43. The molecular formula is C28H28ClF3N8O2. The molecule has 4 rings (SSSR count). The number of aromatic nitrogens is 4. The fraction of sp³-hybridized carbons (Fsp3) is 0.250. The van der Waals surface area contributed by atoms with Gasteiger partial charge in [-0.3, -0.25) is 4.79 Å². The van der Waals surface area contributed by atoms with Gasteiger partial charge in [0.05, 0.1) is 27.4 Å². The Morgan fingerprint density at radius 1 is 1.02 bits per heavy atom. The number of anilines is 3. The molecule has 2 heterocycles. The lowest BCUT2D eigenvalue weighted by Gasteiger charge is -2.25. The third-order valence-corrected chi connectivity index (χ3v) is 6.40. The summed E-state index contributed by atoms with van der Waals surface area (Å²) in [5.41, 5.74) is -0.152. The van der Waals surface area contributed by atoms with Crippen molar-refractivity contribution in [3.63, 3.8) is 0 Å². The highest BCUT2D eigenvalue weighted by Gasteiger charge is 2.32. The van der Waals surface area contributed by atoms with Crippen LogP contribution in [0.3, 0.4) is 0 Å². The quantitative estimate of drug-likeness (QED) is 0.237. The number of carbonyl (C=O) groups excluding carboxylic acids is 1. The Hall–Kier alpha value is -4.49. The summed E-state index contributed by atoms with van der Waals surface area (Å²) in [6.45, 7) is 1.10. The van der Waals surface area contributed by atoms with Gasteiger partial charge in [-0.05, 0) is 56.6 Å². The molecule has 14 heteroatoms. The van der Waals surface area contributed by atoms with Gasteiger partial charge >= 0.3 is 6.18 Å². The van der Waals surface area contributed by atoms with Crippen molar-refractivity contribution >= 4 is 34.8 Å². The molecule has 1 amide bonds. The maximum Gasteiger partial charge on any atom is 0.416 e. The second kappa shape index (κ2) is 13.0. The number of nitrogens with one attached hydrogen (secondary N) is 2. The molecule has 2 aromatic heterocycles. The maximum absolute atomic E-state index is 13.6. The Labute approximate surface area is 245 Å². The van der Waals surface area contributed by atoms with Crippen LogP contribution in [0.4, 0.5) is 30.5 Å². The van der Waals surface area contributed by atoms with Crippen molar-refractivity contribution in [1.82, 2.24) is 24.8 Å². The van der Waals surface area contributed by atoms with E-state index in [1.807, 2.05) is 19.0 Å². The van der Waals surface area contributed by atoms with E-state index in [1.165, 1.54) is 30.7 Å². The van der Waals surface area contributed by atoms with Crippen LogP contribution in [0.1, 0.15) is 15.9 Å². The first-order valence-corrected chi connectivity index (χ1v) is 13.0. The number of benzene rings is 2. The summed E-state index contributed by atoms with van der Waals surface area (Å²) in [5.74, 6) is 0.330. The summed E-state index contributed by atoms with van der Waals surface area (Å²) >= 11 is 6.37. The van der Waals surface area contributed by atoms with E-state index in [0.717, 1.165) is 12.1 Å². The third-order valence-electron chi connectivity index (χ3n) is 6.07. The zero-order chi connectivity index (χ0) is 30.4. The van der Waals surface area contributed by atoms with Crippen LogP contribution in [0.15, 0.2) is 61.1 Å². The molecule has 2 N–H and O–H groups in total. The van der Waals surface area contributed by atoms with E-state index in [2.05, 4.69) is 30.6 Å². The van der Waals surface area contributed by atoms with E-state index in [0.29, 0.717) is 36.1 Å². The number of nitrogens with zero attached hydrogens (tertiary/aromatic N) is 6. The summed E-state index contributed by atoms with van der Waals surface area (Å²) in [6.07, 6.45) is -1.76. The highest BCUT2D eigenvalue weighted by molar-refractivity contribution is 6.34. The molecule has 0 radical (unpaired) electrons. The lowest BCUT2D eigenvalue weighted by atomic mass is 10.1. The number of halogens is 4. The molecule has 42 heavy (non-hydrogen) atoms. The normalized spacial score (nSPS) is 11.4. The molecule has 0 bridgehead atoms. The van der Waals surface area contributed by atoms with E-state index in [9.17, 15) is 18.0 Å². The van der Waals surface area contributed by atoms with Gasteiger partial charge in [0.15, 0.2) is 5.82 Å². The first kappa shape index (κ1) is 30.5. The number of likely N-dealkylation sites (N-methyl/N-ethyl adjacent to an activating group) is 2. The molecule has 0 unspecified atom stereocenters. The largest absolute Gasteiger partial charge is 0.438 e. The molecule has 0 aliphatic carbocycles. The van der Waals surface area contributed by atoms with E-state index in [4.69, 9.17) is 16.3 Å². The van der Waals surface area contributed by atoms with Gasteiger partial charge in [-0.15, -0.1) is 0 Å². The zero-order valence-corrected chi connectivity index (χ0v) is 24.0. The Balaban J connectivity index is 1.64. The predicted molar refractivity (Wildman–Crippen MR) is 155 cm³/mol. The van der Waals surface area contributed by atoms with Crippen LogP contribution in [-0.2, 0) is 6.18 Å². The van der Waals surface area contributed by atoms with Crippen molar-refractivity contribution in [2.45, 2.75) is 6.18 Å². The van der Waals surface area contributed by atoms with Gasteiger partial charge < -0.3 is 25.2 Å². The van der Waals surface area contributed by atoms with Crippen molar-refractivity contribution in [2.24, 2.45) is 0 Å². The summed E-state index contributed by atoms with van der Waals surface area (Å²) < 4.78 is 46.7. The minimum atomic E-state index is -4.63. The van der Waals surface area contributed by atoms with Gasteiger partial charge in [-0.2, -0.15) is 18.2 Å². The number of rotatable bonds is 10. The Morgan fingerprint density at radius 3 is 2.52 bits per heavy atom. The number of pyridine rings is 1. The lowest BCUT2D eigenvalue weighted by molar-refractivity contribution is -0.137.